The molecule has 0 aliphatic rings. The Labute approximate surface area is 162 Å². The van der Waals surface area contributed by atoms with Crippen LogP contribution in [-0.2, 0) is 4.79 Å². The fourth-order valence-corrected chi connectivity index (χ4v) is 2.12. The number of amides is 2. The van der Waals surface area contributed by atoms with Crippen LogP contribution in [0.15, 0.2) is 72.4 Å². The van der Waals surface area contributed by atoms with E-state index in [-0.39, 0.29) is 5.17 Å². The zero-order chi connectivity index (χ0) is 20.4. The zero-order valence-electron chi connectivity index (χ0n) is 15.0. The van der Waals surface area contributed by atoms with Crippen molar-refractivity contribution < 1.29 is 19.5 Å². The summed E-state index contributed by atoms with van der Waals surface area (Å²) in [4.78, 5) is 23.5. The molecule has 0 saturated heterocycles. The molecule has 28 heavy (non-hydrogen) atoms. The van der Waals surface area contributed by atoms with E-state index in [2.05, 4.69) is 17.1 Å². The van der Waals surface area contributed by atoms with Gasteiger partial charge in [0.15, 0.2) is 0 Å². The molecule has 2 aromatic rings. The van der Waals surface area contributed by atoms with Gasteiger partial charge < -0.3 is 4.74 Å². The number of hydrazone groups is 1. The minimum atomic E-state index is -0.795. The first kappa shape index (κ1) is 20.6. The lowest BCUT2D eigenvalue weighted by molar-refractivity contribution is -0.160. The zero-order valence-corrected chi connectivity index (χ0v) is 15.0. The molecule has 0 bridgehead atoms. The van der Waals surface area contributed by atoms with Gasteiger partial charge in [-0.15, -0.1) is 5.17 Å². The Bertz CT molecular complexity index is 907. The topological polar surface area (TPSA) is 117 Å². The van der Waals surface area contributed by atoms with Crippen LogP contribution in [-0.4, -0.2) is 35.0 Å². The molecule has 0 aliphatic heterocycles. The van der Waals surface area contributed by atoms with Gasteiger partial charge in [0.2, 0.25) is 0 Å². The molecular formula is C20H20N4O4. The first-order valence-electron chi connectivity index (χ1n) is 8.23. The highest BCUT2D eigenvalue weighted by Crippen LogP contribution is 2.15. The molecule has 0 unspecified atom stereocenters. The van der Waals surface area contributed by atoms with Crippen molar-refractivity contribution in [2.24, 2.45) is 10.9 Å². The average molecular weight is 380 g/mol. The molecule has 2 amide bonds. The number of carbonyl (C=O) groups excluding carboxylic acids is 2. The molecule has 2 aromatic carbocycles. The summed E-state index contributed by atoms with van der Waals surface area (Å²) < 4.78 is 5.52. The summed E-state index contributed by atoms with van der Waals surface area (Å²) in [5, 5.41) is 12.7. The van der Waals surface area contributed by atoms with E-state index in [1.54, 1.807) is 42.5 Å². The molecule has 0 spiro atoms. The van der Waals surface area contributed by atoms with E-state index in [4.69, 9.17) is 15.8 Å². The van der Waals surface area contributed by atoms with Crippen molar-refractivity contribution >= 4 is 24.1 Å². The Morgan fingerprint density at radius 2 is 2.04 bits per heavy atom. The SMILES string of the molecule is C=CCOc1ccccc1/C=N/NC(=O)c1cccc(/C=C/C(=O)N(N)O)c1. The van der Waals surface area contributed by atoms with Crippen LogP contribution in [0.5, 0.6) is 5.75 Å². The third kappa shape index (κ3) is 6.20. The van der Waals surface area contributed by atoms with Crippen LogP contribution in [0, 0.1) is 0 Å². The maximum absolute atomic E-state index is 12.3. The average Bonchev–Trinajstić information content (AvgIpc) is 2.71. The Morgan fingerprint density at radius 1 is 1.25 bits per heavy atom. The van der Waals surface area contributed by atoms with Gasteiger partial charge in [-0.2, -0.15) is 5.10 Å². The Hall–Kier alpha value is -3.75. The quantitative estimate of drug-likeness (QED) is 0.123. The minimum absolute atomic E-state index is 0.0294. The van der Waals surface area contributed by atoms with E-state index >= 15 is 0 Å². The molecule has 0 aliphatic carbocycles. The Balaban J connectivity index is 2.04. The molecule has 0 saturated carbocycles. The molecule has 0 fully saturated rings. The summed E-state index contributed by atoms with van der Waals surface area (Å²) in [7, 11) is 0. The lowest BCUT2D eigenvalue weighted by atomic mass is 10.1. The summed E-state index contributed by atoms with van der Waals surface area (Å²) in [6.45, 7) is 3.96. The second kappa shape index (κ2) is 10.4. The standard InChI is InChI=1S/C20H20N4O4/c1-2-12-28-18-9-4-3-7-17(18)14-22-23-20(26)16-8-5-6-15(13-16)10-11-19(25)24(21)27/h2-11,13-14,27H,1,12,21H2,(H,23,26)/b11-10+,22-14+. The molecule has 2 rings (SSSR count). The van der Waals surface area contributed by atoms with Crippen LogP contribution in [0.25, 0.3) is 6.08 Å². The van der Waals surface area contributed by atoms with Gasteiger partial charge in [-0.05, 0) is 35.9 Å². The summed E-state index contributed by atoms with van der Waals surface area (Å²) in [5.74, 6) is 4.31. The van der Waals surface area contributed by atoms with Crippen molar-refractivity contribution in [1.82, 2.24) is 10.6 Å². The molecule has 0 heterocycles. The van der Waals surface area contributed by atoms with E-state index in [1.807, 2.05) is 12.1 Å². The minimum Gasteiger partial charge on any atom is -0.489 e. The van der Waals surface area contributed by atoms with Crippen LogP contribution in [0.1, 0.15) is 21.5 Å². The van der Waals surface area contributed by atoms with Crippen molar-refractivity contribution in [1.29, 1.82) is 0 Å². The fraction of sp³-hybridized carbons (Fsp3) is 0.0500. The Kier molecular flexibility index (Phi) is 7.64. The number of rotatable bonds is 8. The van der Waals surface area contributed by atoms with E-state index in [0.29, 0.717) is 29.0 Å². The molecule has 8 heteroatoms. The summed E-state index contributed by atoms with van der Waals surface area (Å²) in [5.41, 5.74) is 4.06. The highest BCUT2D eigenvalue weighted by Gasteiger charge is 2.06. The number of ether oxygens (including phenoxy) is 1. The van der Waals surface area contributed by atoms with Gasteiger partial charge in [-0.25, -0.2) is 11.3 Å². The number of carbonyl (C=O) groups is 2. The van der Waals surface area contributed by atoms with E-state index < -0.39 is 11.8 Å². The summed E-state index contributed by atoms with van der Waals surface area (Å²) in [6.07, 6.45) is 5.62. The van der Waals surface area contributed by atoms with Crippen molar-refractivity contribution in [2.75, 3.05) is 6.61 Å². The lowest BCUT2D eigenvalue weighted by Crippen LogP contribution is -2.32. The van der Waals surface area contributed by atoms with Crippen molar-refractivity contribution in [2.45, 2.75) is 0 Å². The highest BCUT2D eigenvalue weighted by molar-refractivity contribution is 5.96. The largest absolute Gasteiger partial charge is 0.489 e. The van der Waals surface area contributed by atoms with Crippen LogP contribution >= 0.6 is 0 Å². The fourth-order valence-electron chi connectivity index (χ4n) is 2.12. The van der Waals surface area contributed by atoms with Crippen molar-refractivity contribution in [3.8, 4) is 5.75 Å². The second-order valence-electron chi connectivity index (χ2n) is 5.48. The number of hydrogen-bond donors (Lipinski definition) is 3. The van der Waals surface area contributed by atoms with E-state index in [1.165, 1.54) is 12.3 Å². The number of hydrogen-bond acceptors (Lipinski definition) is 6. The normalized spacial score (nSPS) is 10.8. The molecule has 0 radical (unpaired) electrons. The maximum Gasteiger partial charge on any atom is 0.284 e. The summed E-state index contributed by atoms with van der Waals surface area (Å²) in [6, 6.07) is 13.8. The Morgan fingerprint density at radius 3 is 2.79 bits per heavy atom. The maximum atomic E-state index is 12.3. The van der Waals surface area contributed by atoms with Crippen LogP contribution < -0.4 is 16.0 Å². The van der Waals surface area contributed by atoms with Gasteiger partial charge in [0.05, 0.1) is 6.21 Å². The molecule has 0 aromatic heterocycles. The van der Waals surface area contributed by atoms with E-state index in [0.717, 1.165) is 6.08 Å². The van der Waals surface area contributed by atoms with Gasteiger partial charge in [-0.1, -0.05) is 36.9 Å². The smallest absolute Gasteiger partial charge is 0.284 e. The second-order valence-corrected chi connectivity index (χ2v) is 5.48. The number of nitrogens with one attached hydrogen (secondary N) is 1. The van der Waals surface area contributed by atoms with Gasteiger partial charge in [0.1, 0.15) is 12.4 Å². The summed E-state index contributed by atoms with van der Waals surface area (Å²) >= 11 is 0. The van der Waals surface area contributed by atoms with Gasteiger partial charge in [0, 0.05) is 17.2 Å². The predicted octanol–water partition coefficient (Wildman–Crippen LogP) is 2.12. The number of hydroxylamine groups is 1. The molecule has 4 N–H and O–H groups in total. The molecule has 144 valence electrons. The lowest BCUT2D eigenvalue weighted by Gasteiger charge is -2.06. The van der Waals surface area contributed by atoms with Crippen molar-refractivity contribution in [3.05, 3.63) is 84.0 Å². The van der Waals surface area contributed by atoms with Crippen LogP contribution in [0.4, 0.5) is 0 Å². The van der Waals surface area contributed by atoms with Crippen molar-refractivity contribution in [3.63, 3.8) is 0 Å². The number of nitrogens with two attached hydrogens (primary N) is 1. The monoisotopic (exact) mass is 380 g/mol. The number of para-hydroxylation sites is 1. The third-order valence-electron chi connectivity index (χ3n) is 3.44. The highest BCUT2D eigenvalue weighted by atomic mass is 16.5. The number of nitrogens with zero attached hydrogens (tertiary/aromatic N) is 2. The third-order valence-corrected chi connectivity index (χ3v) is 3.44. The molecule has 0 atom stereocenters. The van der Waals surface area contributed by atoms with Gasteiger partial charge in [0.25, 0.3) is 11.8 Å². The predicted molar refractivity (Wildman–Crippen MR) is 105 cm³/mol. The molecular weight excluding hydrogens is 360 g/mol. The van der Waals surface area contributed by atoms with Crippen LogP contribution in [0.2, 0.25) is 0 Å². The van der Waals surface area contributed by atoms with Gasteiger partial charge in [-0.3, -0.25) is 14.8 Å². The first-order chi connectivity index (χ1) is 13.5. The number of hydrazine groups is 1. The van der Waals surface area contributed by atoms with E-state index in [9.17, 15) is 9.59 Å². The number of benzene rings is 2. The molecule has 8 nitrogen and oxygen atoms in total. The van der Waals surface area contributed by atoms with Gasteiger partial charge >= 0.3 is 0 Å². The first-order valence-corrected chi connectivity index (χ1v) is 8.23. The van der Waals surface area contributed by atoms with Crippen LogP contribution in [0.3, 0.4) is 0 Å².